The first-order valence-electron chi connectivity index (χ1n) is 5.31. The summed E-state index contributed by atoms with van der Waals surface area (Å²) in [5.41, 5.74) is 2.07. The van der Waals surface area contributed by atoms with Gasteiger partial charge in [-0.25, -0.2) is 4.79 Å². The quantitative estimate of drug-likeness (QED) is 0.904. The molecule has 0 bridgehead atoms. The van der Waals surface area contributed by atoms with Crippen LogP contribution >= 0.6 is 11.6 Å². The second-order valence-electron chi connectivity index (χ2n) is 3.92. The molecule has 2 heterocycles. The van der Waals surface area contributed by atoms with Crippen LogP contribution in [0.15, 0.2) is 22.7 Å². The number of hydrogen-bond acceptors (Lipinski definition) is 4. The summed E-state index contributed by atoms with van der Waals surface area (Å²) in [5.74, 6) is -0.672. The van der Waals surface area contributed by atoms with Crippen LogP contribution in [0.4, 0.5) is 0 Å². The molecule has 1 aromatic heterocycles. The third-order valence-corrected chi connectivity index (χ3v) is 2.96. The minimum atomic E-state index is -1.16. The van der Waals surface area contributed by atoms with Crippen LogP contribution in [-0.2, 0) is 6.42 Å². The molecule has 0 spiro atoms. The molecular weight excluding hydrogens is 258 g/mol. The molecule has 0 fully saturated rings. The molecule has 3 rings (SSSR count). The van der Waals surface area contributed by atoms with Crippen molar-refractivity contribution in [2.24, 2.45) is 0 Å². The van der Waals surface area contributed by atoms with Gasteiger partial charge in [-0.1, -0.05) is 16.8 Å². The number of halogens is 1. The highest BCUT2D eigenvalue weighted by molar-refractivity contribution is 6.31. The van der Waals surface area contributed by atoms with Crippen molar-refractivity contribution in [1.82, 2.24) is 5.16 Å². The SMILES string of the molecule is O=C(O)c1cc(-c2cc(Cl)cc3c2OCC3)no1. The van der Waals surface area contributed by atoms with Crippen LogP contribution in [0.2, 0.25) is 5.02 Å². The zero-order valence-electron chi connectivity index (χ0n) is 9.14. The van der Waals surface area contributed by atoms with Crippen LogP contribution in [0, 0.1) is 0 Å². The Labute approximate surface area is 107 Å². The number of rotatable bonds is 2. The van der Waals surface area contributed by atoms with E-state index >= 15 is 0 Å². The van der Waals surface area contributed by atoms with Crippen molar-refractivity contribution in [3.63, 3.8) is 0 Å². The molecule has 0 saturated carbocycles. The molecule has 5 nitrogen and oxygen atoms in total. The molecule has 18 heavy (non-hydrogen) atoms. The maximum atomic E-state index is 10.8. The van der Waals surface area contributed by atoms with Crippen molar-refractivity contribution in [3.05, 3.63) is 34.5 Å². The number of benzene rings is 1. The summed E-state index contributed by atoms with van der Waals surface area (Å²) in [7, 11) is 0. The second kappa shape index (κ2) is 4.03. The first-order valence-corrected chi connectivity index (χ1v) is 5.68. The third-order valence-electron chi connectivity index (χ3n) is 2.75. The average molecular weight is 266 g/mol. The van der Waals surface area contributed by atoms with E-state index in [2.05, 4.69) is 5.16 Å². The Kier molecular flexibility index (Phi) is 2.48. The molecule has 2 aromatic rings. The van der Waals surface area contributed by atoms with Gasteiger partial charge in [-0.3, -0.25) is 0 Å². The van der Waals surface area contributed by atoms with Crippen LogP contribution in [0.3, 0.4) is 0 Å². The van der Waals surface area contributed by atoms with Crippen LogP contribution < -0.4 is 4.74 Å². The Hall–Kier alpha value is -2.01. The maximum absolute atomic E-state index is 10.8. The molecule has 1 aliphatic rings. The van der Waals surface area contributed by atoms with Crippen molar-refractivity contribution in [2.75, 3.05) is 6.61 Å². The zero-order valence-corrected chi connectivity index (χ0v) is 9.90. The molecule has 0 amide bonds. The third kappa shape index (κ3) is 1.73. The predicted molar refractivity (Wildman–Crippen MR) is 63.1 cm³/mol. The van der Waals surface area contributed by atoms with Gasteiger partial charge in [0.2, 0.25) is 5.76 Å². The van der Waals surface area contributed by atoms with Gasteiger partial charge in [0.25, 0.3) is 0 Å². The van der Waals surface area contributed by atoms with Crippen LogP contribution in [0.5, 0.6) is 5.75 Å². The van der Waals surface area contributed by atoms with E-state index in [9.17, 15) is 4.79 Å². The van der Waals surface area contributed by atoms with E-state index in [4.69, 9.17) is 26.0 Å². The number of fused-ring (bicyclic) bond motifs is 1. The molecule has 0 unspecified atom stereocenters. The van der Waals surface area contributed by atoms with Gasteiger partial charge < -0.3 is 14.4 Å². The smallest absolute Gasteiger partial charge is 0.374 e. The maximum Gasteiger partial charge on any atom is 0.374 e. The molecule has 1 aromatic carbocycles. The highest BCUT2D eigenvalue weighted by atomic mass is 35.5. The monoisotopic (exact) mass is 265 g/mol. The summed E-state index contributed by atoms with van der Waals surface area (Å²) in [4.78, 5) is 10.8. The van der Waals surface area contributed by atoms with E-state index in [1.54, 1.807) is 6.07 Å². The standard InChI is InChI=1S/C12H8ClNO4/c13-7-3-6-1-2-17-11(6)8(4-7)9-5-10(12(15)16)18-14-9/h3-5H,1-2H2,(H,15,16). The predicted octanol–water partition coefficient (Wildman–Crippen LogP) is 2.63. The van der Waals surface area contributed by atoms with Crippen molar-refractivity contribution in [3.8, 4) is 17.0 Å². The molecule has 0 saturated heterocycles. The van der Waals surface area contributed by atoms with Gasteiger partial charge in [0, 0.05) is 23.1 Å². The van der Waals surface area contributed by atoms with Crippen molar-refractivity contribution >= 4 is 17.6 Å². The summed E-state index contributed by atoms with van der Waals surface area (Å²) < 4.78 is 10.3. The Morgan fingerprint density at radius 2 is 2.22 bits per heavy atom. The van der Waals surface area contributed by atoms with Gasteiger partial charge in [-0.15, -0.1) is 0 Å². The van der Waals surface area contributed by atoms with E-state index in [1.807, 2.05) is 6.07 Å². The van der Waals surface area contributed by atoms with Crippen LogP contribution in [0.25, 0.3) is 11.3 Å². The molecular formula is C12H8ClNO4. The summed E-state index contributed by atoms with van der Waals surface area (Å²) in [6.45, 7) is 0.590. The first-order chi connectivity index (χ1) is 8.65. The number of carbonyl (C=O) groups is 1. The zero-order chi connectivity index (χ0) is 12.7. The number of carboxylic acids is 1. The summed E-state index contributed by atoms with van der Waals surface area (Å²) in [6, 6.07) is 4.89. The van der Waals surface area contributed by atoms with E-state index in [1.165, 1.54) is 6.07 Å². The molecule has 0 radical (unpaired) electrons. The average Bonchev–Trinajstić information content (AvgIpc) is 2.95. The minimum Gasteiger partial charge on any atom is -0.492 e. The first kappa shape index (κ1) is 11.1. The number of ether oxygens (including phenoxy) is 1. The van der Waals surface area contributed by atoms with Gasteiger partial charge in [0.1, 0.15) is 11.4 Å². The van der Waals surface area contributed by atoms with Crippen molar-refractivity contribution in [1.29, 1.82) is 0 Å². The fourth-order valence-corrected chi connectivity index (χ4v) is 2.20. The fraction of sp³-hybridized carbons (Fsp3) is 0.167. The summed E-state index contributed by atoms with van der Waals surface area (Å²) in [5, 5.41) is 13.1. The lowest BCUT2D eigenvalue weighted by Crippen LogP contribution is -1.92. The molecule has 1 N–H and O–H groups in total. The van der Waals surface area contributed by atoms with Gasteiger partial charge in [-0.05, 0) is 17.7 Å². The molecule has 0 aliphatic carbocycles. The number of aromatic nitrogens is 1. The van der Waals surface area contributed by atoms with E-state index in [-0.39, 0.29) is 5.76 Å². The van der Waals surface area contributed by atoms with Crippen molar-refractivity contribution < 1.29 is 19.2 Å². The van der Waals surface area contributed by atoms with Gasteiger partial charge in [-0.2, -0.15) is 0 Å². The lowest BCUT2D eigenvalue weighted by molar-refractivity contribution is 0.0652. The highest BCUT2D eigenvalue weighted by Crippen LogP contribution is 2.38. The summed E-state index contributed by atoms with van der Waals surface area (Å²) in [6.07, 6.45) is 0.784. The van der Waals surface area contributed by atoms with Crippen LogP contribution in [-0.4, -0.2) is 22.8 Å². The largest absolute Gasteiger partial charge is 0.492 e. The van der Waals surface area contributed by atoms with E-state index in [0.717, 1.165) is 12.0 Å². The van der Waals surface area contributed by atoms with Crippen molar-refractivity contribution in [2.45, 2.75) is 6.42 Å². The topological polar surface area (TPSA) is 72.6 Å². The summed E-state index contributed by atoms with van der Waals surface area (Å²) >= 11 is 6.02. The Morgan fingerprint density at radius 1 is 1.39 bits per heavy atom. The fourth-order valence-electron chi connectivity index (χ4n) is 1.96. The number of nitrogens with zero attached hydrogens (tertiary/aromatic N) is 1. The molecule has 92 valence electrons. The number of aromatic carboxylic acids is 1. The molecule has 0 atom stereocenters. The van der Waals surface area contributed by atoms with Gasteiger partial charge in [0.15, 0.2) is 0 Å². The Morgan fingerprint density at radius 3 is 2.94 bits per heavy atom. The normalized spacial score (nSPS) is 13.2. The van der Waals surface area contributed by atoms with Gasteiger partial charge >= 0.3 is 5.97 Å². The van der Waals surface area contributed by atoms with E-state index in [0.29, 0.717) is 28.6 Å². The minimum absolute atomic E-state index is 0.211. The Bertz CT molecular complexity index is 635. The number of carboxylic acid groups (broad SMARTS) is 1. The molecule has 1 aliphatic heterocycles. The highest BCUT2D eigenvalue weighted by Gasteiger charge is 2.22. The Balaban J connectivity index is 2.13. The number of hydrogen-bond donors (Lipinski definition) is 1. The lowest BCUT2D eigenvalue weighted by Gasteiger charge is -2.05. The molecule has 6 heteroatoms. The van der Waals surface area contributed by atoms with E-state index < -0.39 is 5.97 Å². The van der Waals surface area contributed by atoms with Crippen LogP contribution in [0.1, 0.15) is 16.1 Å². The second-order valence-corrected chi connectivity index (χ2v) is 4.36. The lowest BCUT2D eigenvalue weighted by atomic mass is 10.1. The van der Waals surface area contributed by atoms with Gasteiger partial charge in [0.05, 0.1) is 6.61 Å².